The van der Waals surface area contributed by atoms with Gasteiger partial charge in [-0.25, -0.2) is 0 Å². The number of hydrogen-bond donors (Lipinski definition) is 0. The van der Waals surface area contributed by atoms with Crippen LogP contribution >= 0.6 is 11.8 Å². The van der Waals surface area contributed by atoms with E-state index in [9.17, 15) is 0 Å². The monoisotopic (exact) mass is 351 g/mol. The van der Waals surface area contributed by atoms with Crippen LogP contribution < -0.4 is 0 Å². The highest BCUT2D eigenvalue weighted by molar-refractivity contribution is 8.00. The highest BCUT2D eigenvalue weighted by Crippen LogP contribution is 2.47. The van der Waals surface area contributed by atoms with Crippen LogP contribution in [0.4, 0.5) is 0 Å². The first kappa shape index (κ1) is 18.3. The largest absolute Gasteiger partial charge is 0.306 e. The highest BCUT2D eigenvalue weighted by Gasteiger charge is 2.28. The van der Waals surface area contributed by atoms with Gasteiger partial charge in [0.05, 0.1) is 0 Å². The van der Waals surface area contributed by atoms with E-state index in [2.05, 4.69) is 63.1 Å². The van der Waals surface area contributed by atoms with E-state index in [1.54, 1.807) is 11.1 Å². The van der Waals surface area contributed by atoms with Gasteiger partial charge in [0.1, 0.15) is 0 Å². The topological polar surface area (TPSA) is 3.24 Å². The average Bonchev–Trinajstić information content (AvgIpc) is 2.92. The van der Waals surface area contributed by atoms with Crippen LogP contribution in [0.2, 0.25) is 0 Å². The van der Waals surface area contributed by atoms with Crippen LogP contribution in [0, 0.1) is 13.8 Å². The number of fused-ring (bicyclic) bond motifs is 1. The lowest BCUT2D eigenvalue weighted by atomic mass is 9.91. The van der Waals surface area contributed by atoms with E-state index in [0.717, 1.165) is 0 Å². The average molecular weight is 352 g/mol. The molecule has 0 radical (unpaired) electrons. The maximum absolute atomic E-state index is 2.44. The van der Waals surface area contributed by atoms with Gasteiger partial charge in [-0.05, 0) is 57.9 Å². The van der Waals surface area contributed by atoms with Crippen molar-refractivity contribution in [1.82, 2.24) is 4.90 Å². The van der Waals surface area contributed by atoms with Gasteiger partial charge in [0.2, 0.25) is 0 Å². The number of piperidine rings is 1. The molecule has 1 fully saturated rings. The van der Waals surface area contributed by atoms with E-state index in [1.165, 1.54) is 47.5 Å². The van der Waals surface area contributed by atoms with Gasteiger partial charge in [0, 0.05) is 23.2 Å². The number of likely N-dealkylation sites (tertiary alicyclic amines) is 1. The highest BCUT2D eigenvalue weighted by atomic mass is 32.2. The molecule has 2 aliphatic rings. The maximum atomic E-state index is 2.44. The van der Waals surface area contributed by atoms with Crippen molar-refractivity contribution in [1.29, 1.82) is 0 Å². The number of nitrogens with zero attached hydrogens (tertiary/aromatic N) is 1. The van der Waals surface area contributed by atoms with Crippen molar-refractivity contribution in [3.05, 3.63) is 70.8 Å². The van der Waals surface area contributed by atoms with Crippen molar-refractivity contribution in [2.24, 2.45) is 0 Å². The molecule has 4 rings (SSSR count). The normalized spacial score (nSPS) is 20.1. The standard InChI is InChI=1S/C16H21NS.C7H8/c1-11-4-5-15-14(10-11)16(12(2)18-15)13-6-8-17(3)9-7-13;1-7-5-3-2-4-6-7/h4-5,10,12H,6-9H2,1-3H3;2-6H,1H3. The third-order valence-electron chi connectivity index (χ3n) is 5.05. The zero-order valence-corrected chi connectivity index (χ0v) is 16.7. The van der Waals surface area contributed by atoms with E-state index in [0.29, 0.717) is 5.25 Å². The van der Waals surface area contributed by atoms with Gasteiger partial charge in [0.15, 0.2) is 0 Å². The molecule has 2 aromatic rings. The van der Waals surface area contributed by atoms with Crippen molar-refractivity contribution < 1.29 is 0 Å². The van der Waals surface area contributed by atoms with Crippen molar-refractivity contribution in [3.63, 3.8) is 0 Å². The maximum Gasteiger partial charge on any atom is 0.0322 e. The van der Waals surface area contributed by atoms with E-state index in [4.69, 9.17) is 0 Å². The second-order valence-corrected chi connectivity index (χ2v) is 8.62. The summed E-state index contributed by atoms with van der Waals surface area (Å²) in [5, 5.41) is 0.639. The lowest BCUT2D eigenvalue weighted by Gasteiger charge is -2.26. The third kappa shape index (κ3) is 4.56. The second kappa shape index (κ2) is 8.25. The first-order valence-electron chi connectivity index (χ1n) is 9.24. The summed E-state index contributed by atoms with van der Waals surface area (Å²) in [5.74, 6) is 0. The van der Waals surface area contributed by atoms with Crippen molar-refractivity contribution in [2.75, 3.05) is 20.1 Å². The first-order chi connectivity index (χ1) is 12.0. The van der Waals surface area contributed by atoms with Crippen LogP contribution in [0.3, 0.4) is 0 Å². The van der Waals surface area contributed by atoms with Gasteiger partial charge in [-0.3, -0.25) is 0 Å². The van der Waals surface area contributed by atoms with Gasteiger partial charge < -0.3 is 4.90 Å². The van der Waals surface area contributed by atoms with E-state index in [-0.39, 0.29) is 0 Å². The van der Waals surface area contributed by atoms with Crippen molar-refractivity contribution >= 4 is 17.3 Å². The minimum absolute atomic E-state index is 0.639. The molecule has 1 saturated heterocycles. The molecule has 2 heterocycles. The minimum atomic E-state index is 0.639. The molecular weight excluding hydrogens is 322 g/mol. The fourth-order valence-corrected chi connectivity index (χ4v) is 4.83. The molecule has 0 aromatic heterocycles. The summed E-state index contributed by atoms with van der Waals surface area (Å²) in [5.41, 5.74) is 7.58. The summed E-state index contributed by atoms with van der Waals surface area (Å²) in [7, 11) is 2.23. The van der Waals surface area contributed by atoms with Crippen LogP contribution in [-0.2, 0) is 0 Å². The SMILES string of the molecule is Cc1ccc2c(c1)C(=C1CCN(C)CC1)C(C)S2.Cc1ccccc1. The molecule has 2 aromatic carbocycles. The molecule has 132 valence electrons. The Bertz CT molecular complexity index is 738. The molecule has 1 nitrogen and oxygen atoms in total. The molecule has 25 heavy (non-hydrogen) atoms. The molecular formula is C23H29NS. The number of benzene rings is 2. The van der Waals surface area contributed by atoms with Crippen LogP contribution in [-0.4, -0.2) is 30.3 Å². The van der Waals surface area contributed by atoms with Gasteiger partial charge in [-0.1, -0.05) is 59.2 Å². The molecule has 1 atom stereocenters. The minimum Gasteiger partial charge on any atom is -0.306 e. The number of thioether (sulfide) groups is 1. The molecule has 0 spiro atoms. The van der Waals surface area contributed by atoms with E-state index < -0.39 is 0 Å². The van der Waals surface area contributed by atoms with E-state index in [1.807, 2.05) is 30.0 Å². The number of hydrogen-bond acceptors (Lipinski definition) is 2. The van der Waals surface area contributed by atoms with Gasteiger partial charge in [-0.15, -0.1) is 11.8 Å². The molecule has 0 N–H and O–H groups in total. The zero-order valence-electron chi connectivity index (χ0n) is 15.9. The van der Waals surface area contributed by atoms with Crippen LogP contribution in [0.15, 0.2) is 59.0 Å². The van der Waals surface area contributed by atoms with Crippen LogP contribution in [0.5, 0.6) is 0 Å². The summed E-state index contributed by atoms with van der Waals surface area (Å²) in [4.78, 5) is 3.92. The molecule has 1 unspecified atom stereocenters. The first-order valence-corrected chi connectivity index (χ1v) is 10.1. The van der Waals surface area contributed by atoms with Crippen molar-refractivity contribution in [3.8, 4) is 0 Å². The molecule has 2 heteroatoms. The summed E-state index contributed by atoms with van der Waals surface area (Å²) in [6, 6.07) is 17.2. The summed E-state index contributed by atoms with van der Waals surface area (Å²) >= 11 is 2.03. The summed E-state index contributed by atoms with van der Waals surface area (Å²) in [6.45, 7) is 9.08. The molecule has 0 saturated carbocycles. The Kier molecular flexibility index (Phi) is 6.03. The summed E-state index contributed by atoms with van der Waals surface area (Å²) < 4.78 is 0. The second-order valence-electron chi connectivity index (χ2n) is 7.23. The van der Waals surface area contributed by atoms with Gasteiger partial charge in [-0.2, -0.15) is 0 Å². The Morgan fingerprint density at radius 2 is 1.60 bits per heavy atom. The molecule has 0 amide bonds. The predicted octanol–water partition coefficient (Wildman–Crippen LogP) is 5.96. The van der Waals surface area contributed by atoms with Crippen molar-refractivity contribution in [2.45, 2.75) is 43.8 Å². The Labute approximate surface area is 157 Å². The zero-order chi connectivity index (χ0) is 17.8. The van der Waals surface area contributed by atoms with Gasteiger partial charge in [0.25, 0.3) is 0 Å². The molecule has 0 aliphatic carbocycles. The lowest BCUT2D eigenvalue weighted by molar-refractivity contribution is 0.313. The molecule has 0 bridgehead atoms. The smallest absolute Gasteiger partial charge is 0.0322 e. The lowest BCUT2D eigenvalue weighted by Crippen LogP contribution is -2.27. The summed E-state index contributed by atoms with van der Waals surface area (Å²) in [6.07, 6.45) is 2.51. The Balaban J connectivity index is 0.000000219. The van der Waals surface area contributed by atoms with Gasteiger partial charge >= 0.3 is 0 Å². The Morgan fingerprint density at radius 1 is 0.920 bits per heavy atom. The Hall–Kier alpha value is -1.51. The van der Waals surface area contributed by atoms with Crippen LogP contribution in [0.1, 0.15) is 36.5 Å². The van der Waals surface area contributed by atoms with E-state index >= 15 is 0 Å². The fourth-order valence-electron chi connectivity index (χ4n) is 3.60. The third-order valence-corrected chi connectivity index (χ3v) is 6.25. The quantitative estimate of drug-likeness (QED) is 0.576. The molecule has 2 aliphatic heterocycles. The Morgan fingerprint density at radius 3 is 2.20 bits per heavy atom. The van der Waals surface area contributed by atoms with Crippen LogP contribution in [0.25, 0.3) is 5.57 Å². The fraction of sp³-hybridized carbons (Fsp3) is 0.391. The number of rotatable bonds is 0. The predicted molar refractivity (Wildman–Crippen MR) is 111 cm³/mol. The number of aryl methyl sites for hydroxylation is 2.